The molecule has 0 aliphatic rings. The van der Waals surface area contributed by atoms with Crippen LogP contribution in [0.3, 0.4) is 0 Å². The number of carbonyl (C=O) groups excluding carboxylic acids is 1. The van der Waals surface area contributed by atoms with Crippen LogP contribution in [0.2, 0.25) is 0 Å². The van der Waals surface area contributed by atoms with Gasteiger partial charge in [0.25, 0.3) is 11.6 Å². The summed E-state index contributed by atoms with van der Waals surface area (Å²) in [6.07, 6.45) is -0.849. The molecule has 2 N–H and O–H groups in total. The molecule has 0 saturated heterocycles. The van der Waals surface area contributed by atoms with Crippen molar-refractivity contribution in [3.63, 3.8) is 0 Å². The number of hydrogen-bond acceptors (Lipinski definition) is 4. The van der Waals surface area contributed by atoms with Crippen LogP contribution < -0.4 is 10.5 Å². The van der Waals surface area contributed by atoms with Crippen molar-refractivity contribution in [2.24, 2.45) is 5.73 Å². The summed E-state index contributed by atoms with van der Waals surface area (Å²) in [7, 11) is 0. The number of nitrogens with zero attached hydrogens (tertiary/aromatic N) is 1. The van der Waals surface area contributed by atoms with Gasteiger partial charge >= 0.3 is 0 Å². The molecule has 0 heterocycles. The minimum absolute atomic E-state index is 0.130. The van der Waals surface area contributed by atoms with Crippen LogP contribution >= 0.6 is 15.9 Å². The molecule has 7 heteroatoms. The number of halogens is 1. The van der Waals surface area contributed by atoms with Crippen LogP contribution in [-0.2, 0) is 4.79 Å². The molecular formula is C9H9BrN2O4. The van der Waals surface area contributed by atoms with Crippen LogP contribution in [0.25, 0.3) is 0 Å². The number of primary amides is 1. The summed E-state index contributed by atoms with van der Waals surface area (Å²) in [5.74, 6) is -0.432. The Morgan fingerprint density at radius 1 is 1.62 bits per heavy atom. The van der Waals surface area contributed by atoms with Crippen molar-refractivity contribution in [1.29, 1.82) is 0 Å². The van der Waals surface area contributed by atoms with Gasteiger partial charge in [-0.05, 0) is 28.9 Å². The van der Waals surface area contributed by atoms with Crippen molar-refractivity contribution in [2.75, 3.05) is 0 Å². The highest BCUT2D eigenvalue weighted by Gasteiger charge is 2.18. The first-order valence-corrected chi connectivity index (χ1v) is 5.11. The highest BCUT2D eigenvalue weighted by molar-refractivity contribution is 9.10. The summed E-state index contributed by atoms with van der Waals surface area (Å²) in [4.78, 5) is 20.9. The lowest BCUT2D eigenvalue weighted by Crippen LogP contribution is -2.30. The molecule has 0 aliphatic carbocycles. The van der Waals surface area contributed by atoms with Crippen LogP contribution in [0.5, 0.6) is 5.75 Å². The van der Waals surface area contributed by atoms with Gasteiger partial charge in [0, 0.05) is 6.07 Å². The largest absolute Gasteiger partial charge is 0.479 e. The first kappa shape index (κ1) is 12.4. The Bertz CT molecular complexity index is 436. The molecule has 1 aromatic carbocycles. The quantitative estimate of drug-likeness (QED) is 0.672. The van der Waals surface area contributed by atoms with E-state index in [1.165, 1.54) is 25.1 Å². The number of nitrogens with two attached hydrogens (primary N) is 1. The first-order chi connectivity index (χ1) is 7.43. The normalized spacial score (nSPS) is 11.9. The zero-order valence-electron chi connectivity index (χ0n) is 8.34. The standard InChI is InChI=1S/C9H9BrN2O4/c1-5(9(11)13)16-7-4-2-3-6(8(7)10)12(14)15/h2-5H,1H3,(H2,11,13). The minimum Gasteiger partial charge on any atom is -0.479 e. The van der Waals surface area contributed by atoms with Gasteiger partial charge < -0.3 is 10.5 Å². The molecule has 1 atom stereocenters. The lowest BCUT2D eigenvalue weighted by Gasteiger charge is -2.12. The highest BCUT2D eigenvalue weighted by atomic mass is 79.9. The number of nitro groups is 1. The Hall–Kier alpha value is -1.63. The Morgan fingerprint density at radius 2 is 2.25 bits per heavy atom. The van der Waals surface area contributed by atoms with Crippen LogP contribution in [-0.4, -0.2) is 16.9 Å². The topological polar surface area (TPSA) is 95.5 Å². The smallest absolute Gasteiger partial charge is 0.287 e. The van der Waals surface area contributed by atoms with Gasteiger partial charge in [0.05, 0.1) is 4.92 Å². The second-order valence-electron chi connectivity index (χ2n) is 3.01. The molecule has 0 bridgehead atoms. The molecule has 0 saturated carbocycles. The van der Waals surface area contributed by atoms with Crippen LogP contribution in [0.1, 0.15) is 6.92 Å². The van der Waals surface area contributed by atoms with Crippen molar-refractivity contribution in [3.8, 4) is 5.75 Å². The zero-order valence-corrected chi connectivity index (χ0v) is 9.93. The van der Waals surface area contributed by atoms with Crippen LogP contribution in [0.15, 0.2) is 22.7 Å². The number of ether oxygens (including phenoxy) is 1. The average molecular weight is 289 g/mol. The van der Waals surface area contributed by atoms with Gasteiger partial charge in [0.2, 0.25) is 0 Å². The lowest BCUT2D eigenvalue weighted by molar-refractivity contribution is -0.385. The predicted molar refractivity (Wildman–Crippen MR) is 60.1 cm³/mol. The number of carbonyl (C=O) groups is 1. The van der Waals surface area contributed by atoms with E-state index < -0.39 is 16.9 Å². The Labute approximate surface area is 99.7 Å². The molecule has 0 spiro atoms. The second-order valence-corrected chi connectivity index (χ2v) is 3.80. The lowest BCUT2D eigenvalue weighted by atomic mass is 10.3. The molecule has 0 aromatic heterocycles. The third kappa shape index (κ3) is 2.69. The summed E-state index contributed by atoms with van der Waals surface area (Å²) in [5, 5.41) is 10.6. The van der Waals surface area contributed by atoms with E-state index in [9.17, 15) is 14.9 Å². The Balaban J connectivity index is 3.02. The van der Waals surface area contributed by atoms with Gasteiger partial charge in [-0.25, -0.2) is 0 Å². The fourth-order valence-corrected chi connectivity index (χ4v) is 1.48. The van der Waals surface area contributed by atoms with Crippen molar-refractivity contribution in [1.82, 2.24) is 0 Å². The Kier molecular flexibility index (Phi) is 3.83. The summed E-state index contributed by atoms with van der Waals surface area (Å²) >= 11 is 3.04. The molecule has 0 radical (unpaired) electrons. The Morgan fingerprint density at radius 3 is 2.75 bits per heavy atom. The molecule has 1 rings (SSSR count). The minimum atomic E-state index is -0.849. The fourth-order valence-electron chi connectivity index (χ4n) is 0.980. The van der Waals surface area contributed by atoms with Gasteiger partial charge in [-0.15, -0.1) is 0 Å². The zero-order chi connectivity index (χ0) is 12.3. The maximum absolute atomic E-state index is 10.8. The van der Waals surface area contributed by atoms with E-state index >= 15 is 0 Å². The van der Waals surface area contributed by atoms with Crippen LogP contribution in [0, 0.1) is 10.1 Å². The van der Waals surface area contributed by atoms with E-state index in [-0.39, 0.29) is 15.9 Å². The summed E-state index contributed by atoms with van der Waals surface area (Å²) in [6.45, 7) is 1.47. The van der Waals surface area contributed by atoms with E-state index in [0.29, 0.717) is 0 Å². The molecule has 1 amide bonds. The number of benzene rings is 1. The van der Waals surface area contributed by atoms with E-state index in [1.807, 2.05) is 0 Å². The van der Waals surface area contributed by atoms with E-state index in [2.05, 4.69) is 15.9 Å². The molecule has 0 fully saturated rings. The van der Waals surface area contributed by atoms with Crippen molar-refractivity contribution in [3.05, 3.63) is 32.8 Å². The maximum atomic E-state index is 10.8. The fraction of sp³-hybridized carbons (Fsp3) is 0.222. The number of hydrogen-bond donors (Lipinski definition) is 1. The molecule has 86 valence electrons. The molecule has 1 aromatic rings. The molecular weight excluding hydrogens is 280 g/mol. The number of amides is 1. The summed E-state index contributed by atoms with van der Waals surface area (Å²) in [5.41, 5.74) is 4.89. The van der Waals surface area contributed by atoms with Crippen molar-refractivity contribution in [2.45, 2.75) is 13.0 Å². The van der Waals surface area contributed by atoms with E-state index in [4.69, 9.17) is 10.5 Å². The van der Waals surface area contributed by atoms with E-state index in [0.717, 1.165) is 0 Å². The third-order valence-electron chi connectivity index (χ3n) is 1.84. The number of nitro benzene ring substituents is 1. The van der Waals surface area contributed by atoms with Gasteiger partial charge in [0.1, 0.15) is 10.2 Å². The maximum Gasteiger partial charge on any atom is 0.287 e. The third-order valence-corrected chi connectivity index (χ3v) is 2.64. The molecule has 6 nitrogen and oxygen atoms in total. The molecule has 16 heavy (non-hydrogen) atoms. The summed E-state index contributed by atoms with van der Waals surface area (Å²) in [6, 6.07) is 4.30. The average Bonchev–Trinajstić information content (AvgIpc) is 2.20. The highest BCUT2D eigenvalue weighted by Crippen LogP contribution is 2.34. The summed E-state index contributed by atoms with van der Waals surface area (Å²) < 4.78 is 5.36. The SMILES string of the molecule is CC(Oc1cccc([N+](=O)[O-])c1Br)C(N)=O. The van der Waals surface area contributed by atoms with Gasteiger partial charge in [-0.1, -0.05) is 6.07 Å². The second kappa shape index (κ2) is 4.93. The molecule has 0 aliphatic heterocycles. The molecule has 1 unspecified atom stereocenters. The van der Waals surface area contributed by atoms with Crippen LogP contribution in [0.4, 0.5) is 5.69 Å². The van der Waals surface area contributed by atoms with E-state index in [1.54, 1.807) is 0 Å². The number of rotatable bonds is 4. The van der Waals surface area contributed by atoms with Gasteiger partial charge in [0.15, 0.2) is 6.10 Å². The first-order valence-electron chi connectivity index (χ1n) is 4.32. The predicted octanol–water partition coefficient (Wildman–Crippen LogP) is 1.61. The van der Waals surface area contributed by atoms with Gasteiger partial charge in [-0.3, -0.25) is 14.9 Å². The van der Waals surface area contributed by atoms with Crippen molar-refractivity contribution >= 4 is 27.5 Å². The van der Waals surface area contributed by atoms with Gasteiger partial charge in [-0.2, -0.15) is 0 Å². The monoisotopic (exact) mass is 288 g/mol. The van der Waals surface area contributed by atoms with Crippen molar-refractivity contribution < 1.29 is 14.5 Å².